The Morgan fingerprint density at radius 2 is 2.08 bits per heavy atom. The third kappa shape index (κ3) is 3.60. The minimum Gasteiger partial charge on any atom is -0.363 e. The van der Waals surface area contributed by atoms with Gasteiger partial charge in [0.05, 0.1) is 18.7 Å². The van der Waals surface area contributed by atoms with Crippen LogP contribution in [0.1, 0.15) is 25.1 Å². The van der Waals surface area contributed by atoms with Crippen LogP contribution >= 0.6 is 0 Å². The quantitative estimate of drug-likeness (QED) is 0.930. The molecule has 2 aromatic rings. The Morgan fingerprint density at radius 3 is 2.88 bits per heavy atom. The van der Waals surface area contributed by atoms with Gasteiger partial charge in [-0.2, -0.15) is 0 Å². The summed E-state index contributed by atoms with van der Waals surface area (Å²) in [7, 11) is 0. The van der Waals surface area contributed by atoms with E-state index < -0.39 is 0 Å². The number of nitrogens with one attached hydrogen (secondary N) is 1. The average Bonchev–Trinajstić information content (AvgIpc) is 3.08. The van der Waals surface area contributed by atoms with E-state index in [4.69, 9.17) is 4.74 Å². The number of rotatable bonds is 3. The molecule has 6 nitrogen and oxygen atoms in total. The molecule has 1 aromatic heterocycles. The maximum atomic E-state index is 12.4. The van der Waals surface area contributed by atoms with E-state index in [1.807, 2.05) is 41.4 Å². The van der Waals surface area contributed by atoms with Crippen molar-refractivity contribution in [3.63, 3.8) is 0 Å². The fraction of sp³-hybridized carbons (Fsp3) is 0.474. The number of benzene rings is 1. The summed E-state index contributed by atoms with van der Waals surface area (Å²) in [6.45, 7) is 3.64. The largest absolute Gasteiger partial charge is 0.363 e. The molecule has 4 rings (SSSR count). The van der Waals surface area contributed by atoms with Crippen molar-refractivity contribution in [3.05, 3.63) is 48.5 Å². The summed E-state index contributed by atoms with van der Waals surface area (Å²) in [5, 5.41) is 0. The van der Waals surface area contributed by atoms with Gasteiger partial charge in [0.25, 0.3) is 5.91 Å². The summed E-state index contributed by atoms with van der Waals surface area (Å²) < 4.78 is 6.09. The predicted molar refractivity (Wildman–Crippen MR) is 95.2 cm³/mol. The molecule has 1 N–H and O–H groups in total. The number of morpholine rings is 1. The zero-order valence-electron chi connectivity index (χ0n) is 14.4. The van der Waals surface area contributed by atoms with Gasteiger partial charge in [-0.3, -0.25) is 9.69 Å². The second kappa shape index (κ2) is 6.98. The van der Waals surface area contributed by atoms with Crippen LogP contribution in [0.25, 0.3) is 0 Å². The van der Waals surface area contributed by atoms with Crippen LogP contribution in [0.5, 0.6) is 0 Å². The lowest BCUT2D eigenvalue weighted by Crippen LogP contribution is -2.55. The van der Waals surface area contributed by atoms with Gasteiger partial charge < -0.3 is 14.6 Å². The van der Waals surface area contributed by atoms with Gasteiger partial charge in [0.15, 0.2) is 0 Å². The van der Waals surface area contributed by atoms with Gasteiger partial charge in [-0.1, -0.05) is 18.2 Å². The zero-order valence-corrected chi connectivity index (χ0v) is 14.4. The number of likely N-dealkylation sites (tertiary alicyclic amines) is 1. The van der Waals surface area contributed by atoms with E-state index >= 15 is 0 Å². The number of carbonyl (C=O) groups is 1. The van der Waals surface area contributed by atoms with Crippen molar-refractivity contribution >= 4 is 11.6 Å². The summed E-state index contributed by atoms with van der Waals surface area (Å²) in [5.74, 6) is 1.05. The van der Waals surface area contributed by atoms with Gasteiger partial charge in [0.1, 0.15) is 12.4 Å². The maximum absolute atomic E-state index is 12.4. The third-order valence-electron chi connectivity index (χ3n) is 5.24. The number of aromatic amines is 1. The normalized spacial score (nSPS) is 25.3. The summed E-state index contributed by atoms with van der Waals surface area (Å²) in [6.07, 6.45) is 6.64. The lowest BCUT2D eigenvalue weighted by atomic mass is 9.92. The van der Waals surface area contributed by atoms with Crippen molar-refractivity contribution in [2.75, 3.05) is 31.1 Å². The molecule has 0 bridgehead atoms. The number of H-pyrrole nitrogens is 1. The van der Waals surface area contributed by atoms with E-state index in [0.717, 1.165) is 50.4 Å². The summed E-state index contributed by atoms with van der Waals surface area (Å²) in [5.41, 5.74) is 0.730. The Hall–Kier alpha value is -2.18. The highest BCUT2D eigenvalue weighted by atomic mass is 16.5. The molecule has 1 amide bonds. The fourth-order valence-electron chi connectivity index (χ4n) is 3.84. The molecule has 1 atom stereocenters. The number of hydrogen-bond acceptors (Lipinski definition) is 4. The molecule has 2 aliphatic heterocycles. The molecule has 132 valence electrons. The number of carbonyl (C=O) groups excluding carboxylic acids is 1. The Kier molecular flexibility index (Phi) is 4.55. The van der Waals surface area contributed by atoms with Gasteiger partial charge in [0.2, 0.25) is 0 Å². The first-order chi connectivity index (χ1) is 12.2. The molecule has 1 unspecified atom stereocenters. The van der Waals surface area contributed by atoms with Gasteiger partial charge in [-0.15, -0.1) is 0 Å². The van der Waals surface area contributed by atoms with E-state index in [-0.39, 0.29) is 18.1 Å². The van der Waals surface area contributed by atoms with Crippen molar-refractivity contribution in [1.29, 1.82) is 0 Å². The first-order valence-corrected chi connectivity index (χ1v) is 8.94. The van der Waals surface area contributed by atoms with Gasteiger partial charge in [-0.05, 0) is 37.9 Å². The summed E-state index contributed by atoms with van der Waals surface area (Å²) in [6, 6.07) is 9.92. The molecular weight excluding hydrogens is 316 g/mol. The fourth-order valence-corrected chi connectivity index (χ4v) is 3.84. The standard InChI is InChI=1S/C19H24N4O2/c24-18-14-25-19(15-23(18)16-5-2-1-3-6-16)7-4-11-22(12-8-19)13-17-20-9-10-21-17/h1-3,5-6,9-10H,4,7-8,11-15H2,(H,20,21). The highest BCUT2D eigenvalue weighted by molar-refractivity contribution is 5.95. The number of hydrogen-bond donors (Lipinski definition) is 1. The minimum absolute atomic E-state index is 0.0495. The van der Waals surface area contributed by atoms with Crippen LogP contribution in [0.2, 0.25) is 0 Å². The van der Waals surface area contributed by atoms with Crippen LogP contribution in [-0.2, 0) is 16.1 Å². The number of imidazole rings is 1. The maximum Gasteiger partial charge on any atom is 0.253 e. The molecule has 2 fully saturated rings. The number of ether oxygens (including phenoxy) is 1. The smallest absolute Gasteiger partial charge is 0.253 e. The molecule has 2 aliphatic rings. The average molecular weight is 340 g/mol. The molecule has 1 aromatic carbocycles. The lowest BCUT2D eigenvalue weighted by molar-refractivity contribution is -0.140. The number of anilines is 1. The Labute approximate surface area is 147 Å². The second-order valence-corrected chi connectivity index (χ2v) is 6.95. The summed E-state index contributed by atoms with van der Waals surface area (Å²) >= 11 is 0. The second-order valence-electron chi connectivity index (χ2n) is 6.95. The van der Waals surface area contributed by atoms with Gasteiger partial charge >= 0.3 is 0 Å². The van der Waals surface area contributed by atoms with Crippen LogP contribution in [0.4, 0.5) is 5.69 Å². The number of aromatic nitrogens is 2. The highest BCUT2D eigenvalue weighted by Gasteiger charge is 2.41. The molecule has 0 radical (unpaired) electrons. The number of amides is 1. The summed E-state index contributed by atoms with van der Waals surface area (Å²) in [4.78, 5) is 24.2. The van der Waals surface area contributed by atoms with Crippen LogP contribution in [0.15, 0.2) is 42.7 Å². The molecule has 6 heteroatoms. The molecule has 2 saturated heterocycles. The monoisotopic (exact) mass is 340 g/mol. The topological polar surface area (TPSA) is 61.5 Å². The Morgan fingerprint density at radius 1 is 1.20 bits per heavy atom. The van der Waals surface area contributed by atoms with Crippen LogP contribution in [0.3, 0.4) is 0 Å². The number of para-hydroxylation sites is 1. The third-order valence-corrected chi connectivity index (χ3v) is 5.24. The van der Waals surface area contributed by atoms with Crippen molar-refractivity contribution in [3.8, 4) is 0 Å². The molecule has 3 heterocycles. The lowest BCUT2D eigenvalue weighted by Gasteiger charge is -2.42. The predicted octanol–water partition coefficient (Wildman–Crippen LogP) is 2.20. The SMILES string of the molecule is O=C1COC2(CCCN(Cc3ncc[nH]3)CC2)CN1c1ccccc1. The van der Waals surface area contributed by atoms with E-state index in [9.17, 15) is 4.79 Å². The van der Waals surface area contributed by atoms with E-state index in [1.165, 1.54) is 0 Å². The first kappa shape index (κ1) is 16.3. The molecule has 25 heavy (non-hydrogen) atoms. The number of nitrogens with zero attached hydrogens (tertiary/aromatic N) is 3. The van der Waals surface area contributed by atoms with Crippen molar-refractivity contribution in [2.24, 2.45) is 0 Å². The van der Waals surface area contributed by atoms with Crippen molar-refractivity contribution < 1.29 is 9.53 Å². The van der Waals surface area contributed by atoms with Crippen LogP contribution in [-0.4, -0.2) is 52.6 Å². The molecule has 0 saturated carbocycles. The van der Waals surface area contributed by atoms with Gasteiger partial charge in [0, 0.05) is 24.6 Å². The zero-order chi connectivity index (χ0) is 17.1. The Bertz CT molecular complexity index is 703. The van der Waals surface area contributed by atoms with Crippen molar-refractivity contribution in [2.45, 2.75) is 31.4 Å². The highest BCUT2D eigenvalue weighted by Crippen LogP contribution is 2.33. The molecular formula is C19H24N4O2. The van der Waals surface area contributed by atoms with E-state index in [0.29, 0.717) is 6.54 Å². The van der Waals surface area contributed by atoms with E-state index in [2.05, 4.69) is 14.9 Å². The van der Waals surface area contributed by atoms with E-state index in [1.54, 1.807) is 6.20 Å². The molecule has 0 aliphatic carbocycles. The van der Waals surface area contributed by atoms with Crippen molar-refractivity contribution in [1.82, 2.24) is 14.9 Å². The Balaban J connectivity index is 1.45. The van der Waals surface area contributed by atoms with Gasteiger partial charge in [-0.25, -0.2) is 4.98 Å². The molecule has 1 spiro atoms. The van der Waals surface area contributed by atoms with Crippen LogP contribution < -0.4 is 4.90 Å². The minimum atomic E-state index is -0.234. The van der Waals surface area contributed by atoms with Crippen LogP contribution in [0, 0.1) is 0 Å². The first-order valence-electron chi connectivity index (χ1n) is 8.94.